The number of aromatic hydroxyl groups is 1. The number of nitriles is 2. The van der Waals surface area contributed by atoms with E-state index in [1.165, 1.54) is 18.2 Å². The van der Waals surface area contributed by atoms with Crippen molar-refractivity contribution in [2.24, 2.45) is 0 Å². The van der Waals surface area contributed by atoms with Crippen LogP contribution in [0.1, 0.15) is 22.3 Å². The molecule has 0 bridgehead atoms. The van der Waals surface area contributed by atoms with E-state index in [9.17, 15) is 20.0 Å². The third-order valence-corrected chi connectivity index (χ3v) is 5.41. The van der Waals surface area contributed by atoms with Crippen molar-refractivity contribution in [3.8, 4) is 29.1 Å². The number of rotatable bonds is 0. The Morgan fingerprint density at radius 2 is 1.50 bits per heavy atom. The minimum atomic E-state index is -0.464. The van der Waals surface area contributed by atoms with Gasteiger partial charge in [-0.05, 0) is 29.3 Å². The fourth-order valence-electron chi connectivity index (χ4n) is 4.34. The van der Waals surface area contributed by atoms with E-state index in [1.54, 1.807) is 36.5 Å². The largest absolute Gasteiger partial charge is 0.507 e. The van der Waals surface area contributed by atoms with E-state index in [1.807, 2.05) is 18.2 Å². The minimum absolute atomic E-state index is 0.0846. The van der Waals surface area contributed by atoms with Crippen LogP contribution in [0.3, 0.4) is 0 Å². The molecule has 0 saturated heterocycles. The van der Waals surface area contributed by atoms with Crippen LogP contribution in [0.2, 0.25) is 0 Å². The summed E-state index contributed by atoms with van der Waals surface area (Å²) in [7, 11) is 0. The fraction of sp³-hybridized carbons (Fsp3) is 0. The number of halogens is 1. The van der Waals surface area contributed by atoms with E-state index in [2.05, 4.69) is 11.1 Å². The Balaban J connectivity index is 1.99. The number of nitrogens with zero attached hydrogens (tertiary/aromatic N) is 3. The van der Waals surface area contributed by atoms with E-state index in [0.717, 1.165) is 11.1 Å². The van der Waals surface area contributed by atoms with Crippen LogP contribution in [-0.4, -0.2) is 10.1 Å². The molecule has 0 unspecified atom stereocenters. The first-order valence-electron chi connectivity index (χ1n) is 9.19. The maximum absolute atomic E-state index is 14.9. The summed E-state index contributed by atoms with van der Waals surface area (Å²) >= 11 is 0. The molecule has 4 nitrogen and oxygen atoms in total. The Morgan fingerprint density at radius 3 is 2.30 bits per heavy atom. The molecule has 2 aliphatic rings. The molecule has 2 aliphatic carbocycles. The minimum Gasteiger partial charge on any atom is -0.507 e. The standard InChI is InChI=1S/C25H12FN3O/c26-19-7-1-4-14-15(9-11-27)22(17(10-12-28)21(14)19)23-16-5-2-8-20(30)24(16)25-18(23)6-3-13-29-25/h1-10,13,30H/b15-9+,17-10+,23-22+. The van der Waals surface area contributed by atoms with E-state index >= 15 is 0 Å². The highest BCUT2D eigenvalue weighted by molar-refractivity contribution is 6.19. The zero-order valence-corrected chi connectivity index (χ0v) is 15.5. The molecule has 1 aromatic heterocycles. The zero-order chi connectivity index (χ0) is 20.8. The normalized spacial score (nSPS) is 18.6. The first kappa shape index (κ1) is 17.6. The van der Waals surface area contributed by atoms with Gasteiger partial charge in [-0.3, -0.25) is 4.98 Å². The van der Waals surface area contributed by atoms with Crippen molar-refractivity contribution >= 4 is 16.7 Å². The molecule has 5 rings (SSSR count). The van der Waals surface area contributed by atoms with Crippen molar-refractivity contribution in [2.75, 3.05) is 0 Å². The molecule has 140 valence electrons. The van der Waals surface area contributed by atoms with Crippen molar-refractivity contribution in [3.63, 3.8) is 0 Å². The second-order valence-electron chi connectivity index (χ2n) is 6.89. The molecule has 5 heteroatoms. The van der Waals surface area contributed by atoms with Crippen molar-refractivity contribution in [1.29, 1.82) is 10.5 Å². The van der Waals surface area contributed by atoms with Gasteiger partial charge in [0.05, 0.1) is 23.4 Å². The predicted octanol–water partition coefficient (Wildman–Crippen LogP) is 5.24. The molecule has 0 radical (unpaired) electrons. The van der Waals surface area contributed by atoms with Gasteiger partial charge in [0.2, 0.25) is 0 Å². The van der Waals surface area contributed by atoms with Gasteiger partial charge in [0.15, 0.2) is 0 Å². The molecule has 3 aromatic rings. The molecule has 0 amide bonds. The summed E-state index contributed by atoms with van der Waals surface area (Å²) in [4.78, 5) is 4.45. The Labute approximate surface area is 171 Å². The second kappa shape index (κ2) is 6.55. The van der Waals surface area contributed by atoms with Crippen molar-refractivity contribution in [1.82, 2.24) is 4.98 Å². The molecule has 0 atom stereocenters. The number of phenolic OH excluding ortho intramolecular Hbond substituents is 1. The van der Waals surface area contributed by atoms with Crippen LogP contribution in [0.4, 0.5) is 4.39 Å². The monoisotopic (exact) mass is 389 g/mol. The lowest BCUT2D eigenvalue weighted by Crippen LogP contribution is -1.92. The highest BCUT2D eigenvalue weighted by Crippen LogP contribution is 2.55. The molecule has 30 heavy (non-hydrogen) atoms. The predicted molar refractivity (Wildman–Crippen MR) is 111 cm³/mol. The van der Waals surface area contributed by atoms with E-state index in [-0.39, 0.29) is 5.75 Å². The van der Waals surface area contributed by atoms with Gasteiger partial charge in [0, 0.05) is 51.8 Å². The third kappa shape index (κ3) is 2.27. The molecule has 2 aromatic carbocycles. The number of phenols is 1. The molecular weight excluding hydrogens is 377 g/mol. The van der Waals surface area contributed by atoms with Crippen LogP contribution in [0.5, 0.6) is 5.75 Å². The maximum Gasteiger partial charge on any atom is 0.131 e. The van der Waals surface area contributed by atoms with Crippen LogP contribution >= 0.6 is 0 Å². The molecule has 0 aliphatic heterocycles. The summed E-state index contributed by atoms with van der Waals surface area (Å²) in [6.45, 7) is 0. The first-order valence-corrected chi connectivity index (χ1v) is 9.19. The molecule has 0 saturated carbocycles. The first-order chi connectivity index (χ1) is 14.7. The highest BCUT2D eigenvalue weighted by atomic mass is 19.1. The maximum atomic E-state index is 14.9. The summed E-state index contributed by atoms with van der Waals surface area (Å²) in [6.07, 6.45) is 4.32. The summed E-state index contributed by atoms with van der Waals surface area (Å²) in [6, 6.07) is 17.6. The quantitative estimate of drug-likeness (QED) is 0.417. The number of hydrogen-bond donors (Lipinski definition) is 1. The zero-order valence-electron chi connectivity index (χ0n) is 15.5. The van der Waals surface area contributed by atoms with Crippen molar-refractivity contribution in [2.45, 2.75) is 0 Å². The number of benzene rings is 2. The van der Waals surface area contributed by atoms with Crippen molar-refractivity contribution < 1.29 is 9.50 Å². The van der Waals surface area contributed by atoms with Gasteiger partial charge in [0.1, 0.15) is 11.6 Å². The van der Waals surface area contributed by atoms with Crippen LogP contribution in [0.15, 0.2) is 72.5 Å². The second-order valence-corrected chi connectivity index (χ2v) is 6.89. The molecule has 1 heterocycles. The van der Waals surface area contributed by atoms with Gasteiger partial charge in [-0.2, -0.15) is 10.5 Å². The Bertz CT molecular complexity index is 1430. The summed E-state index contributed by atoms with van der Waals surface area (Å²) in [5.74, 6) is -0.379. The van der Waals surface area contributed by atoms with E-state index in [4.69, 9.17) is 0 Å². The van der Waals surface area contributed by atoms with E-state index in [0.29, 0.717) is 44.7 Å². The summed E-state index contributed by atoms with van der Waals surface area (Å²) in [5, 5.41) is 29.4. The van der Waals surface area contributed by atoms with Crippen LogP contribution in [0, 0.1) is 28.5 Å². The van der Waals surface area contributed by atoms with Gasteiger partial charge >= 0.3 is 0 Å². The number of aromatic nitrogens is 1. The Morgan fingerprint density at radius 1 is 0.800 bits per heavy atom. The lowest BCUT2D eigenvalue weighted by molar-refractivity contribution is 0.477. The number of fused-ring (bicyclic) bond motifs is 4. The van der Waals surface area contributed by atoms with Gasteiger partial charge in [-0.1, -0.05) is 30.3 Å². The van der Waals surface area contributed by atoms with Crippen LogP contribution in [0.25, 0.3) is 28.0 Å². The van der Waals surface area contributed by atoms with Crippen LogP contribution in [-0.2, 0) is 0 Å². The average molecular weight is 389 g/mol. The molecule has 0 fully saturated rings. The number of hydrogen-bond acceptors (Lipinski definition) is 4. The summed E-state index contributed by atoms with van der Waals surface area (Å²) in [5.41, 5.74) is 5.75. The van der Waals surface area contributed by atoms with Gasteiger partial charge in [-0.15, -0.1) is 0 Å². The topological polar surface area (TPSA) is 80.7 Å². The van der Waals surface area contributed by atoms with Gasteiger partial charge in [0.25, 0.3) is 0 Å². The smallest absolute Gasteiger partial charge is 0.131 e. The molecule has 1 N–H and O–H groups in total. The molecular formula is C25H12FN3O. The highest BCUT2D eigenvalue weighted by Gasteiger charge is 2.37. The Hall–Kier alpha value is -4.48. The lowest BCUT2D eigenvalue weighted by Gasteiger charge is -2.11. The number of pyridine rings is 1. The SMILES string of the molecule is N#C/C=C1C(=C2/c3cccnc3-c3c(O)cccc32)/C(=C/C#N)c2cccc(F)c2/1. The van der Waals surface area contributed by atoms with E-state index < -0.39 is 5.82 Å². The average Bonchev–Trinajstić information content (AvgIpc) is 3.23. The van der Waals surface area contributed by atoms with Crippen LogP contribution < -0.4 is 0 Å². The fourth-order valence-corrected chi connectivity index (χ4v) is 4.34. The Kier molecular flexibility index (Phi) is 3.84. The summed E-state index contributed by atoms with van der Waals surface area (Å²) < 4.78 is 14.9. The van der Waals surface area contributed by atoms with Gasteiger partial charge < -0.3 is 5.11 Å². The third-order valence-electron chi connectivity index (χ3n) is 5.41. The molecule has 0 spiro atoms. The number of allylic oxidation sites excluding steroid dienone is 5. The lowest BCUT2D eigenvalue weighted by atomic mass is 9.91. The van der Waals surface area contributed by atoms with Gasteiger partial charge in [-0.25, -0.2) is 4.39 Å². The van der Waals surface area contributed by atoms with Crippen molar-refractivity contribution in [3.05, 3.63) is 101 Å².